The lowest BCUT2D eigenvalue weighted by Crippen LogP contribution is -2.40. The Labute approximate surface area is 166 Å². The van der Waals surface area contributed by atoms with E-state index in [2.05, 4.69) is 22.5 Å². The summed E-state index contributed by atoms with van der Waals surface area (Å²) < 4.78 is 5.41. The van der Waals surface area contributed by atoms with E-state index in [0.717, 1.165) is 43.9 Å². The largest absolute Gasteiger partial charge is 0.378 e. The maximum Gasteiger partial charge on any atom is 0.227 e. The number of amides is 1. The maximum atomic E-state index is 12.6. The average Bonchev–Trinajstić information content (AvgIpc) is 2.56. The third-order valence-corrected chi connectivity index (χ3v) is 4.87. The van der Waals surface area contributed by atoms with E-state index in [1.807, 2.05) is 18.2 Å². The van der Waals surface area contributed by atoms with Gasteiger partial charge in [-0.05, 0) is 38.4 Å². The number of hydrogen-bond donors (Lipinski definition) is 2. The minimum atomic E-state index is 0. The summed E-state index contributed by atoms with van der Waals surface area (Å²) in [4.78, 5) is 14.8. The van der Waals surface area contributed by atoms with E-state index < -0.39 is 0 Å². The van der Waals surface area contributed by atoms with Gasteiger partial charge in [0.05, 0.1) is 29.6 Å². The number of para-hydroxylation sites is 1. The van der Waals surface area contributed by atoms with Crippen LogP contribution in [0.4, 0.5) is 11.4 Å². The molecule has 0 aromatic heterocycles. The van der Waals surface area contributed by atoms with Crippen LogP contribution in [-0.2, 0) is 9.53 Å². The van der Waals surface area contributed by atoms with Gasteiger partial charge in [-0.25, -0.2) is 0 Å². The Hall–Kier alpha value is -0.720. The third-order valence-electron chi connectivity index (χ3n) is 4.57. The van der Waals surface area contributed by atoms with Crippen molar-refractivity contribution in [1.82, 2.24) is 5.32 Å². The van der Waals surface area contributed by atoms with Crippen molar-refractivity contribution in [2.45, 2.75) is 25.8 Å². The van der Waals surface area contributed by atoms with Crippen molar-refractivity contribution in [3.05, 3.63) is 23.2 Å². The first kappa shape index (κ1) is 22.3. The highest BCUT2D eigenvalue weighted by molar-refractivity contribution is 6.34. The third kappa shape index (κ3) is 5.63. The second-order valence-electron chi connectivity index (χ2n) is 6.30. The number of morpholine rings is 1. The zero-order valence-electron chi connectivity index (χ0n) is 14.3. The molecule has 0 aliphatic carbocycles. The number of carbonyl (C=O) groups is 1. The normalized spacial score (nSPS) is 23.2. The van der Waals surface area contributed by atoms with E-state index in [1.54, 1.807) is 0 Å². The summed E-state index contributed by atoms with van der Waals surface area (Å²) in [5, 5.41) is 7.15. The first-order valence-electron chi connectivity index (χ1n) is 8.30. The van der Waals surface area contributed by atoms with Crippen LogP contribution in [0.15, 0.2) is 18.2 Å². The van der Waals surface area contributed by atoms with Gasteiger partial charge in [-0.2, -0.15) is 0 Å². The highest BCUT2D eigenvalue weighted by atomic mass is 35.5. The second kappa shape index (κ2) is 10.4. The number of benzene rings is 1. The first-order valence-corrected chi connectivity index (χ1v) is 8.68. The van der Waals surface area contributed by atoms with Gasteiger partial charge in [-0.15, -0.1) is 24.8 Å². The van der Waals surface area contributed by atoms with Crippen LogP contribution < -0.4 is 15.5 Å². The van der Waals surface area contributed by atoms with E-state index >= 15 is 0 Å². The molecule has 142 valence electrons. The molecule has 2 heterocycles. The predicted molar refractivity (Wildman–Crippen MR) is 108 cm³/mol. The van der Waals surface area contributed by atoms with Gasteiger partial charge in [0.1, 0.15) is 0 Å². The summed E-state index contributed by atoms with van der Waals surface area (Å²) in [6, 6.07) is 6.07. The summed E-state index contributed by atoms with van der Waals surface area (Å²) >= 11 is 6.41. The lowest BCUT2D eigenvalue weighted by molar-refractivity contribution is -0.120. The lowest BCUT2D eigenvalue weighted by atomic mass is 9.92. The molecular formula is C17H26Cl3N3O2. The van der Waals surface area contributed by atoms with Crippen LogP contribution in [0, 0.1) is 5.92 Å². The Morgan fingerprint density at radius 3 is 2.72 bits per heavy atom. The SMILES string of the molecule is C[C@H]1C[C@@H](C(=O)Nc2cccc(Cl)c2N2CCOCC2)CCN1.Cl.Cl. The molecule has 3 rings (SSSR count). The molecule has 1 aromatic carbocycles. The standard InChI is InChI=1S/C17H24ClN3O2.2ClH/c1-12-11-13(5-6-19-12)17(22)20-15-4-2-3-14(18)16(15)21-7-9-23-10-8-21;;/h2-4,12-13,19H,5-11H2,1H3,(H,20,22);2*1H/t12-,13-;;/m0../s1. The lowest BCUT2D eigenvalue weighted by Gasteiger charge is -2.32. The van der Waals surface area contributed by atoms with Crippen molar-refractivity contribution < 1.29 is 9.53 Å². The molecule has 0 saturated carbocycles. The number of carbonyl (C=O) groups excluding carboxylic acids is 1. The van der Waals surface area contributed by atoms with Crippen LogP contribution in [0.2, 0.25) is 5.02 Å². The van der Waals surface area contributed by atoms with Gasteiger partial charge >= 0.3 is 0 Å². The molecule has 2 aliphatic heterocycles. The van der Waals surface area contributed by atoms with Crippen molar-refractivity contribution in [2.75, 3.05) is 43.1 Å². The van der Waals surface area contributed by atoms with Crippen molar-refractivity contribution in [3.63, 3.8) is 0 Å². The maximum absolute atomic E-state index is 12.6. The molecule has 0 unspecified atom stereocenters. The number of rotatable bonds is 3. The van der Waals surface area contributed by atoms with Crippen molar-refractivity contribution in [2.24, 2.45) is 5.92 Å². The molecule has 2 atom stereocenters. The molecule has 8 heteroatoms. The minimum Gasteiger partial charge on any atom is -0.378 e. The van der Waals surface area contributed by atoms with Crippen LogP contribution in [0.5, 0.6) is 0 Å². The molecular weight excluding hydrogens is 385 g/mol. The van der Waals surface area contributed by atoms with Crippen LogP contribution in [0.3, 0.4) is 0 Å². The number of nitrogens with zero attached hydrogens (tertiary/aromatic N) is 1. The Bertz CT molecular complexity index is 568. The van der Waals surface area contributed by atoms with Gasteiger partial charge in [0.25, 0.3) is 0 Å². The average molecular weight is 411 g/mol. The summed E-state index contributed by atoms with van der Waals surface area (Å²) in [5.41, 5.74) is 1.71. The van der Waals surface area contributed by atoms with Crippen molar-refractivity contribution in [1.29, 1.82) is 0 Å². The van der Waals surface area contributed by atoms with Gasteiger partial charge in [0, 0.05) is 25.0 Å². The number of anilines is 2. The van der Waals surface area contributed by atoms with Gasteiger partial charge in [0.15, 0.2) is 0 Å². The number of halogens is 3. The van der Waals surface area contributed by atoms with Crippen LogP contribution in [0.25, 0.3) is 0 Å². The summed E-state index contributed by atoms with van der Waals surface area (Å²) in [7, 11) is 0. The fraction of sp³-hybridized carbons (Fsp3) is 0.588. The first-order chi connectivity index (χ1) is 11.1. The number of hydrogen-bond acceptors (Lipinski definition) is 4. The van der Waals surface area contributed by atoms with E-state index in [1.165, 1.54) is 0 Å². The molecule has 2 N–H and O–H groups in total. The van der Waals surface area contributed by atoms with E-state index in [9.17, 15) is 4.79 Å². The molecule has 5 nitrogen and oxygen atoms in total. The van der Waals surface area contributed by atoms with E-state index in [4.69, 9.17) is 16.3 Å². The minimum absolute atomic E-state index is 0. The Morgan fingerprint density at radius 2 is 2.04 bits per heavy atom. The van der Waals surface area contributed by atoms with Crippen LogP contribution >= 0.6 is 36.4 Å². The zero-order chi connectivity index (χ0) is 16.2. The number of ether oxygens (including phenoxy) is 1. The molecule has 2 fully saturated rings. The quantitative estimate of drug-likeness (QED) is 0.802. The molecule has 1 aromatic rings. The summed E-state index contributed by atoms with van der Waals surface area (Å²) in [5.74, 6) is 0.151. The van der Waals surface area contributed by atoms with Gasteiger partial charge in [-0.1, -0.05) is 17.7 Å². The van der Waals surface area contributed by atoms with Crippen LogP contribution in [-0.4, -0.2) is 44.8 Å². The van der Waals surface area contributed by atoms with Crippen molar-refractivity contribution >= 4 is 53.7 Å². The fourth-order valence-electron chi connectivity index (χ4n) is 3.33. The summed E-state index contributed by atoms with van der Waals surface area (Å²) in [6.45, 7) is 5.96. The Morgan fingerprint density at radius 1 is 1.32 bits per heavy atom. The smallest absolute Gasteiger partial charge is 0.227 e. The van der Waals surface area contributed by atoms with E-state index in [-0.39, 0.29) is 36.6 Å². The van der Waals surface area contributed by atoms with Crippen molar-refractivity contribution in [3.8, 4) is 0 Å². The topological polar surface area (TPSA) is 53.6 Å². The Kier molecular flexibility index (Phi) is 9.32. The number of piperidine rings is 1. The molecule has 25 heavy (non-hydrogen) atoms. The van der Waals surface area contributed by atoms with Crippen LogP contribution in [0.1, 0.15) is 19.8 Å². The summed E-state index contributed by atoms with van der Waals surface area (Å²) in [6.07, 6.45) is 1.75. The monoisotopic (exact) mass is 409 g/mol. The van der Waals surface area contributed by atoms with Gasteiger partial charge in [0.2, 0.25) is 5.91 Å². The molecule has 2 saturated heterocycles. The molecule has 0 spiro atoms. The highest BCUT2D eigenvalue weighted by Gasteiger charge is 2.26. The molecule has 0 bridgehead atoms. The van der Waals surface area contributed by atoms with Gasteiger partial charge in [-0.3, -0.25) is 4.79 Å². The molecule has 2 aliphatic rings. The zero-order valence-corrected chi connectivity index (χ0v) is 16.7. The number of nitrogens with one attached hydrogen (secondary N) is 2. The Balaban J connectivity index is 0.00000156. The molecule has 0 radical (unpaired) electrons. The molecule has 1 amide bonds. The fourth-order valence-corrected chi connectivity index (χ4v) is 3.62. The van der Waals surface area contributed by atoms with Gasteiger partial charge < -0.3 is 20.3 Å². The van der Waals surface area contributed by atoms with E-state index in [0.29, 0.717) is 24.3 Å². The highest BCUT2D eigenvalue weighted by Crippen LogP contribution is 2.35. The predicted octanol–water partition coefficient (Wildman–Crippen LogP) is 3.35. The second-order valence-corrected chi connectivity index (χ2v) is 6.71.